The van der Waals surface area contributed by atoms with E-state index in [4.69, 9.17) is 0 Å². The molecule has 1 aromatic heterocycles. The number of aryl methyl sites for hydroxylation is 1. The zero-order chi connectivity index (χ0) is 15.5. The number of carbonyl (C=O) groups excluding carboxylic acids is 1. The molecule has 1 fully saturated rings. The lowest BCUT2D eigenvalue weighted by molar-refractivity contribution is -0.146. The number of hydrogen-bond donors (Lipinski definition) is 3. The number of carbonyl (C=O) groups is 2. The van der Waals surface area contributed by atoms with Crippen LogP contribution in [-0.2, 0) is 11.3 Å². The van der Waals surface area contributed by atoms with Gasteiger partial charge in [0.15, 0.2) is 0 Å². The van der Waals surface area contributed by atoms with E-state index in [9.17, 15) is 14.7 Å². The van der Waals surface area contributed by atoms with E-state index in [1.807, 2.05) is 12.3 Å². The van der Waals surface area contributed by atoms with Crippen molar-refractivity contribution in [3.8, 4) is 0 Å². The fraction of sp³-hybridized carbons (Fsp3) is 0.643. The largest absolute Gasteiger partial charge is 0.480 e. The third-order valence-corrected chi connectivity index (χ3v) is 4.81. The molecule has 116 valence electrons. The molecule has 7 heteroatoms. The number of urea groups is 1. The van der Waals surface area contributed by atoms with Crippen molar-refractivity contribution in [2.75, 3.05) is 0 Å². The molecule has 1 aliphatic carbocycles. The zero-order valence-corrected chi connectivity index (χ0v) is 13.1. The van der Waals surface area contributed by atoms with E-state index in [2.05, 4.69) is 22.5 Å². The summed E-state index contributed by atoms with van der Waals surface area (Å²) < 4.78 is 0. The summed E-state index contributed by atoms with van der Waals surface area (Å²) >= 11 is 1.52. The van der Waals surface area contributed by atoms with Crippen LogP contribution < -0.4 is 10.6 Å². The Bertz CT molecular complexity index is 521. The SMILES string of the molecule is Cc1nc(CNC(=O)NC2(C(=O)O)CCC(C)CC2)cs1. The van der Waals surface area contributed by atoms with Gasteiger partial charge in [0.25, 0.3) is 0 Å². The van der Waals surface area contributed by atoms with Crippen LogP contribution in [0.15, 0.2) is 5.38 Å². The summed E-state index contributed by atoms with van der Waals surface area (Å²) in [5, 5.41) is 17.6. The highest BCUT2D eigenvalue weighted by molar-refractivity contribution is 7.09. The second-order valence-electron chi connectivity index (χ2n) is 5.74. The van der Waals surface area contributed by atoms with Crippen LogP contribution in [0.25, 0.3) is 0 Å². The van der Waals surface area contributed by atoms with Gasteiger partial charge >= 0.3 is 12.0 Å². The van der Waals surface area contributed by atoms with Crippen LogP contribution in [-0.4, -0.2) is 27.6 Å². The predicted octanol–water partition coefficient (Wildman–Crippen LogP) is 2.28. The molecular formula is C14H21N3O3S. The summed E-state index contributed by atoms with van der Waals surface area (Å²) in [6, 6.07) is -0.447. The number of thiazole rings is 1. The van der Waals surface area contributed by atoms with E-state index in [1.165, 1.54) is 11.3 Å². The molecule has 0 atom stereocenters. The number of rotatable bonds is 4. The molecule has 6 nitrogen and oxygen atoms in total. The molecule has 2 rings (SSSR count). The van der Waals surface area contributed by atoms with Gasteiger partial charge in [0.2, 0.25) is 0 Å². The molecule has 0 aliphatic heterocycles. The number of nitrogens with zero attached hydrogens (tertiary/aromatic N) is 1. The van der Waals surface area contributed by atoms with Crippen molar-refractivity contribution < 1.29 is 14.7 Å². The average molecular weight is 311 g/mol. The standard InChI is InChI=1S/C14H21N3O3S/c1-9-3-5-14(6-4-9,12(18)19)17-13(20)15-7-11-8-21-10(2)16-11/h8-9H,3-7H2,1-2H3,(H,18,19)(H2,15,17,20). The number of carboxylic acids is 1. The van der Waals surface area contributed by atoms with E-state index in [-0.39, 0.29) is 0 Å². The molecule has 1 saturated carbocycles. The Balaban J connectivity index is 1.91. The number of hydrogen-bond acceptors (Lipinski definition) is 4. The molecule has 1 heterocycles. The smallest absolute Gasteiger partial charge is 0.329 e. The molecular weight excluding hydrogens is 290 g/mol. The van der Waals surface area contributed by atoms with Crippen LogP contribution in [0.1, 0.15) is 43.3 Å². The van der Waals surface area contributed by atoms with Gasteiger partial charge in [-0.3, -0.25) is 0 Å². The van der Waals surface area contributed by atoms with E-state index >= 15 is 0 Å². The topological polar surface area (TPSA) is 91.3 Å². The third kappa shape index (κ3) is 3.93. The Morgan fingerprint density at radius 3 is 2.67 bits per heavy atom. The van der Waals surface area contributed by atoms with Gasteiger partial charge in [-0.2, -0.15) is 0 Å². The van der Waals surface area contributed by atoms with Crippen molar-refractivity contribution in [3.05, 3.63) is 16.1 Å². The number of aliphatic carboxylic acids is 1. The Morgan fingerprint density at radius 2 is 2.14 bits per heavy atom. The van der Waals surface area contributed by atoms with Crippen molar-refractivity contribution in [2.24, 2.45) is 5.92 Å². The van der Waals surface area contributed by atoms with Gasteiger partial charge in [0, 0.05) is 5.38 Å². The summed E-state index contributed by atoms with van der Waals surface area (Å²) in [5.41, 5.74) is -0.344. The summed E-state index contributed by atoms with van der Waals surface area (Å²) in [7, 11) is 0. The van der Waals surface area contributed by atoms with E-state index in [0.29, 0.717) is 25.3 Å². The first-order valence-electron chi connectivity index (χ1n) is 7.12. The van der Waals surface area contributed by atoms with Crippen LogP contribution >= 0.6 is 11.3 Å². The molecule has 0 unspecified atom stereocenters. The normalized spacial score (nSPS) is 25.3. The van der Waals surface area contributed by atoms with Gasteiger partial charge in [-0.1, -0.05) is 6.92 Å². The van der Waals surface area contributed by atoms with Crippen molar-refractivity contribution in [3.63, 3.8) is 0 Å². The lowest BCUT2D eigenvalue weighted by Crippen LogP contribution is -2.58. The minimum Gasteiger partial charge on any atom is -0.480 e. The average Bonchev–Trinajstić information content (AvgIpc) is 2.85. The molecule has 0 aromatic carbocycles. The molecule has 0 saturated heterocycles. The number of amides is 2. The summed E-state index contributed by atoms with van der Waals surface area (Å²) in [6.45, 7) is 4.32. The van der Waals surface area contributed by atoms with Gasteiger partial charge in [0.1, 0.15) is 5.54 Å². The Morgan fingerprint density at radius 1 is 1.48 bits per heavy atom. The van der Waals surface area contributed by atoms with Crippen molar-refractivity contribution in [1.82, 2.24) is 15.6 Å². The molecule has 0 bridgehead atoms. The van der Waals surface area contributed by atoms with E-state index in [1.54, 1.807) is 0 Å². The maximum absolute atomic E-state index is 12.0. The summed E-state index contributed by atoms with van der Waals surface area (Å²) in [5.74, 6) is -0.436. The minimum atomic E-state index is -1.13. The number of aromatic nitrogens is 1. The maximum atomic E-state index is 12.0. The highest BCUT2D eigenvalue weighted by atomic mass is 32.1. The fourth-order valence-corrected chi connectivity index (χ4v) is 3.18. The lowest BCUT2D eigenvalue weighted by atomic mass is 9.77. The van der Waals surface area contributed by atoms with Gasteiger partial charge in [-0.15, -0.1) is 11.3 Å². The first-order chi connectivity index (χ1) is 9.91. The number of nitrogens with one attached hydrogen (secondary N) is 2. The highest BCUT2D eigenvalue weighted by Gasteiger charge is 2.42. The molecule has 21 heavy (non-hydrogen) atoms. The molecule has 0 spiro atoms. The molecule has 3 N–H and O–H groups in total. The monoisotopic (exact) mass is 311 g/mol. The van der Waals surface area contributed by atoms with Crippen LogP contribution in [0.5, 0.6) is 0 Å². The van der Waals surface area contributed by atoms with Crippen LogP contribution in [0.2, 0.25) is 0 Å². The van der Waals surface area contributed by atoms with E-state index < -0.39 is 17.5 Å². The minimum absolute atomic E-state index is 0.308. The first kappa shape index (κ1) is 15.8. The van der Waals surface area contributed by atoms with Crippen molar-refractivity contribution in [1.29, 1.82) is 0 Å². The lowest BCUT2D eigenvalue weighted by Gasteiger charge is -2.36. The van der Waals surface area contributed by atoms with Gasteiger partial charge < -0.3 is 15.7 Å². The third-order valence-electron chi connectivity index (χ3n) is 3.99. The second-order valence-corrected chi connectivity index (χ2v) is 6.80. The predicted molar refractivity (Wildman–Crippen MR) is 80.2 cm³/mol. The van der Waals surface area contributed by atoms with E-state index in [0.717, 1.165) is 23.5 Å². The van der Waals surface area contributed by atoms with Crippen LogP contribution in [0, 0.1) is 12.8 Å². The zero-order valence-electron chi connectivity index (χ0n) is 12.3. The second kappa shape index (κ2) is 6.43. The quantitative estimate of drug-likeness (QED) is 0.795. The van der Waals surface area contributed by atoms with Crippen molar-refractivity contribution >= 4 is 23.3 Å². The van der Waals surface area contributed by atoms with Gasteiger partial charge in [0.05, 0.1) is 17.2 Å². The molecule has 1 aliphatic rings. The van der Waals surface area contributed by atoms with Crippen LogP contribution in [0.4, 0.5) is 4.79 Å². The van der Waals surface area contributed by atoms with Gasteiger partial charge in [-0.05, 0) is 38.5 Å². The molecule has 0 radical (unpaired) electrons. The molecule has 1 aromatic rings. The van der Waals surface area contributed by atoms with Gasteiger partial charge in [-0.25, -0.2) is 14.6 Å². The summed E-state index contributed by atoms with van der Waals surface area (Å²) in [6.07, 6.45) is 2.59. The molecule has 2 amide bonds. The Kier molecular flexibility index (Phi) is 4.82. The highest BCUT2D eigenvalue weighted by Crippen LogP contribution is 2.32. The Labute approximate surface area is 128 Å². The summed E-state index contributed by atoms with van der Waals surface area (Å²) in [4.78, 5) is 27.8. The fourth-order valence-electron chi connectivity index (χ4n) is 2.57. The van der Waals surface area contributed by atoms with Crippen molar-refractivity contribution in [2.45, 2.75) is 51.6 Å². The Hall–Kier alpha value is -1.63. The first-order valence-corrected chi connectivity index (χ1v) is 8.00. The van der Waals surface area contributed by atoms with Crippen LogP contribution in [0.3, 0.4) is 0 Å². The maximum Gasteiger partial charge on any atom is 0.329 e. The number of carboxylic acid groups (broad SMARTS) is 1.